The molecule has 7 heteroatoms. The molecule has 1 aliphatic heterocycles. The van der Waals surface area contributed by atoms with Gasteiger partial charge in [0.05, 0.1) is 5.69 Å². The average Bonchev–Trinajstić information content (AvgIpc) is 3.04. The smallest absolute Gasteiger partial charge is 0.326 e. The molecule has 24 heavy (non-hydrogen) atoms. The summed E-state index contributed by atoms with van der Waals surface area (Å²) in [6.45, 7) is 3.58. The van der Waals surface area contributed by atoms with Crippen LogP contribution in [-0.4, -0.2) is 50.4 Å². The standard InChI is InChI=1S/C17H25N3O4/c1-10-16(11(2)19(3)18-10)24-9-15(21)20-13-7-5-4-6-12(13)8-14(20)17(22)23/h12-14H,4-9H2,1-3H3,(H,22,23). The quantitative estimate of drug-likeness (QED) is 0.904. The highest BCUT2D eigenvalue weighted by Crippen LogP contribution is 2.39. The molecule has 0 spiro atoms. The number of carboxylic acid groups (broad SMARTS) is 1. The molecule has 0 radical (unpaired) electrons. The lowest BCUT2D eigenvalue weighted by atomic mass is 9.85. The first-order valence-electron chi connectivity index (χ1n) is 8.57. The normalized spacial score (nSPS) is 26.3. The Labute approximate surface area is 141 Å². The fraction of sp³-hybridized carbons (Fsp3) is 0.706. The fourth-order valence-electron chi connectivity index (χ4n) is 4.21. The molecule has 1 saturated heterocycles. The van der Waals surface area contributed by atoms with Crippen LogP contribution in [0.5, 0.6) is 5.75 Å². The van der Waals surface area contributed by atoms with Gasteiger partial charge in [-0.15, -0.1) is 0 Å². The number of hydrogen-bond acceptors (Lipinski definition) is 4. The monoisotopic (exact) mass is 335 g/mol. The SMILES string of the molecule is Cc1nn(C)c(C)c1OCC(=O)N1C(C(=O)O)CC2CCCCC21. The Morgan fingerprint density at radius 2 is 2.00 bits per heavy atom. The van der Waals surface area contributed by atoms with Gasteiger partial charge in [0.2, 0.25) is 0 Å². The molecule has 1 aliphatic carbocycles. The van der Waals surface area contributed by atoms with E-state index in [0.29, 0.717) is 18.1 Å². The van der Waals surface area contributed by atoms with E-state index in [4.69, 9.17) is 4.74 Å². The Kier molecular flexibility index (Phi) is 4.51. The predicted octanol–water partition coefficient (Wildman–Crippen LogP) is 1.66. The highest BCUT2D eigenvalue weighted by Gasteiger charge is 2.47. The summed E-state index contributed by atoms with van der Waals surface area (Å²) >= 11 is 0. The Morgan fingerprint density at radius 3 is 2.62 bits per heavy atom. The predicted molar refractivity (Wildman–Crippen MR) is 86.8 cm³/mol. The van der Waals surface area contributed by atoms with E-state index in [0.717, 1.165) is 37.1 Å². The number of hydrogen-bond donors (Lipinski definition) is 1. The second-order valence-electron chi connectivity index (χ2n) is 6.91. The molecule has 3 atom stereocenters. The summed E-state index contributed by atoms with van der Waals surface area (Å²) in [5.41, 5.74) is 1.58. The molecule has 1 aromatic heterocycles. The number of amides is 1. The van der Waals surface area contributed by atoms with E-state index in [-0.39, 0.29) is 18.6 Å². The number of aryl methyl sites for hydroxylation is 2. The summed E-state index contributed by atoms with van der Waals surface area (Å²) in [5.74, 6) is -0.228. The lowest BCUT2D eigenvalue weighted by Crippen LogP contribution is -2.48. The fourth-order valence-corrected chi connectivity index (χ4v) is 4.21. The molecule has 2 heterocycles. The van der Waals surface area contributed by atoms with Crippen molar-refractivity contribution in [3.63, 3.8) is 0 Å². The molecule has 7 nitrogen and oxygen atoms in total. The number of aromatic nitrogens is 2. The lowest BCUT2D eigenvalue weighted by Gasteiger charge is -2.32. The van der Waals surface area contributed by atoms with Crippen molar-refractivity contribution in [1.82, 2.24) is 14.7 Å². The van der Waals surface area contributed by atoms with Gasteiger partial charge in [0.15, 0.2) is 12.4 Å². The lowest BCUT2D eigenvalue weighted by molar-refractivity contribution is -0.150. The van der Waals surface area contributed by atoms with Gasteiger partial charge in [-0.3, -0.25) is 9.48 Å². The Bertz CT molecular complexity index is 655. The second-order valence-corrected chi connectivity index (χ2v) is 6.91. The Hall–Kier alpha value is -2.05. The van der Waals surface area contributed by atoms with Crippen LogP contribution in [-0.2, 0) is 16.6 Å². The van der Waals surface area contributed by atoms with Crippen molar-refractivity contribution in [3.8, 4) is 5.75 Å². The van der Waals surface area contributed by atoms with Gasteiger partial charge in [0, 0.05) is 13.1 Å². The molecule has 0 aromatic carbocycles. The summed E-state index contributed by atoms with van der Waals surface area (Å²) in [6.07, 6.45) is 4.65. The first-order chi connectivity index (χ1) is 11.4. The van der Waals surface area contributed by atoms with Gasteiger partial charge in [0.25, 0.3) is 5.91 Å². The molecular formula is C17H25N3O4. The van der Waals surface area contributed by atoms with Crippen LogP contribution in [0.2, 0.25) is 0 Å². The summed E-state index contributed by atoms with van der Waals surface area (Å²) < 4.78 is 7.41. The van der Waals surface area contributed by atoms with Crippen LogP contribution in [0.1, 0.15) is 43.5 Å². The molecular weight excluding hydrogens is 310 g/mol. The van der Waals surface area contributed by atoms with Crippen molar-refractivity contribution in [3.05, 3.63) is 11.4 Å². The van der Waals surface area contributed by atoms with Crippen molar-refractivity contribution in [2.75, 3.05) is 6.61 Å². The van der Waals surface area contributed by atoms with Crippen molar-refractivity contribution in [1.29, 1.82) is 0 Å². The average molecular weight is 335 g/mol. The van der Waals surface area contributed by atoms with Gasteiger partial charge in [-0.1, -0.05) is 12.8 Å². The summed E-state index contributed by atoms with van der Waals surface area (Å²) in [7, 11) is 1.82. The summed E-state index contributed by atoms with van der Waals surface area (Å²) in [5, 5.41) is 13.8. The second kappa shape index (κ2) is 6.45. The van der Waals surface area contributed by atoms with Crippen LogP contribution < -0.4 is 4.74 Å². The molecule has 2 aliphatic rings. The van der Waals surface area contributed by atoms with E-state index in [1.807, 2.05) is 20.9 Å². The molecule has 3 unspecified atom stereocenters. The van der Waals surface area contributed by atoms with E-state index >= 15 is 0 Å². The van der Waals surface area contributed by atoms with E-state index in [1.165, 1.54) is 0 Å². The van der Waals surface area contributed by atoms with Crippen LogP contribution in [0.25, 0.3) is 0 Å². The number of nitrogens with zero attached hydrogens (tertiary/aromatic N) is 3. The van der Waals surface area contributed by atoms with Gasteiger partial charge in [-0.25, -0.2) is 4.79 Å². The van der Waals surface area contributed by atoms with Crippen molar-refractivity contribution < 1.29 is 19.4 Å². The van der Waals surface area contributed by atoms with E-state index in [9.17, 15) is 14.7 Å². The molecule has 0 bridgehead atoms. The number of carbonyl (C=O) groups is 2. The third-order valence-electron chi connectivity index (χ3n) is 5.44. The zero-order valence-electron chi connectivity index (χ0n) is 14.5. The van der Waals surface area contributed by atoms with Crippen LogP contribution in [0, 0.1) is 19.8 Å². The van der Waals surface area contributed by atoms with Gasteiger partial charge >= 0.3 is 5.97 Å². The molecule has 1 saturated carbocycles. The summed E-state index contributed by atoms with van der Waals surface area (Å²) in [4.78, 5) is 25.9. The number of carboxylic acids is 1. The van der Waals surface area contributed by atoms with Gasteiger partial charge in [0.1, 0.15) is 11.7 Å². The number of likely N-dealkylation sites (tertiary alicyclic amines) is 1. The summed E-state index contributed by atoms with van der Waals surface area (Å²) in [6, 6.07) is -0.669. The van der Waals surface area contributed by atoms with Crippen LogP contribution >= 0.6 is 0 Å². The topological polar surface area (TPSA) is 84.7 Å². The minimum atomic E-state index is -0.911. The largest absolute Gasteiger partial charge is 0.480 e. The third-order valence-corrected chi connectivity index (χ3v) is 5.44. The van der Waals surface area contributed by atoms with Gasteiger partial charge < -0.3 is 14.7 Å². The minimum absolute atomic E-state index is 0.0482. The number of fused-ring (bicyclic) bond motifs is 1. The van der Waals surface area contributed by atoms with E-state index in [2.05, 4.69) is 5.10 Å². The molecule has 2 fully saturated rings. The van der Waals surface area contributed by atoms with Crippen LogP contribution in [0.15, 0.2) is 0 Å². The molecule has 1 amide bonds. The molecule has 1 aromatic rings. The minimum Gasteiger partial charge on any atom is -0.480 e. The Morgan fingerprint density at radius 1 is 1.29 bits per heavy atom. The third kappa shape index (κ3) is 2.87. The number of aliphatic carboxylic acids is 1. The zero-order valence-corrected chi connectivity index (χ0v) is 14.5. The van der Waals surface area contributed by atoms with Crippen LogP contribution in [0.4, 0.5) is 0 Å². The van der Waals surface area contributed by atoms with Crippen molar-refractivity contribution in [2.45, 2.75) is 58.0 Å². The number of ether oxygens (including phenoxy) is 1. The maximum absolute atomic E-state index is 12.7. The number of carbonyl (C=O) groups excluding carboxylic acids is 1. The van der Waals surface area contributed by atoms with Crippen molar-refractivity contribution >= 4 is 11.9 Å². The maximum Gasteiger partial charge on any atom is 0.326 e. The number of rotatable bonds is 4. The molecule has 132 valence electrons. The van der Waals surface area contributed by atoms with E-state index < -0.39 is 12.0 Å². The van der Waals surface area contributed by atoms with Gasteiger partial charge in [-0.05, 0) is 39.0 Å². The zero-order chi connectivity index (χ0) is 17.4. The Balaban J connectivity index is 1.73. The van der Waals surface area contributed by atoms with Crippen LogP contribution in [0.3, 0.4) is 0 Å². The molecule has 1 N–H and O–H groups in total. The first kappa shape index (κ1) is 16.8. The maximum atomic E-state index is 12.7. The highest BCUT2D eigenvalue weighted by molar-refractivity contribution is 5.85. The molecule has 3 rings (SSSR count). The highest BCUT2D eigenvalue weighted by atomic mass is 16.5. The van der Waals surface area contributed by atoms with Crippen molar-refractivity contribution in [2.24, 2.45) is 13.0 Å². The van der Waals surface area contributed by atoms with Gasteiger partial charge in [-0.2, -0.15) is 5.10 Å². The van der Waals surface area contributed by atoms with E-state index in [1.54, 1.807) is 9.58 Å². The first-order valence-corrected chi connectivity index (χ1v) is 8.57.